The van der Waals surface area contributed by atoms with Crippen molar-refractivity contribution in [1.29, 1.82) is 0 Å². The van der Waals surface area contributed by atoms with Gasteiger partial charge in [0.2, 0.25) is 11.7 Å². The molecule has 2 aromatic heterocycles. The summed E-state index contributed by atoms with van der Waals surface area (Å²) in [5, 5.41) is 4.09. The summed E-state index contributed by atoms with van der Waals surface area (Å²) < 4.78 is 5.41. The van der Waals surface area contributed by atoms with Gasteiger partial charge >= 0.3 is 0 Å². The molecule has 0 aliphatic heterocycles. The minimum absolute atomic E-state index is 0.251. The van der Waals surface area contributed by atoms with Crippen molar-refractivity contribution in [2.45, 2.75) is 31.2 Å². The molecule has 0 saturated heterocycles. The SMILES string of the molecule is NC1CCC(c2nc(-c3ccc4nccnc4c3)no2)C1. The zero-order valence-corrected chi connectivity index (χ0v) is 11.4. The number of rotatable bonds is 2. The smallest absolute Gasteiger partial charge is 0.230 e. The highest BCUT2D eigenvalue weighted by Gasteiger charge is 2.28. The normalized spacial score (nSPS) is 22.0. The molecular formula is C15H15N5O. The second kappa shape index (κ2) is 4.89. The van der Waals surface area contributed by atoms with Gasteiger partial charge in [0.1, 0.15) is 0 Å². The Hall–Kier alpha value is -2.34. The van der Waals surface area contributed by atoms with E-state index in [1.807, 2.05) is 18.2 Å². The van der Waals surface area contributed by atoms with Gasteiger partial charge in [-0.25, -0.2) is 0 Å². The maximum atomic E-state index is 5.94. The van der Waals surface area contributed by atoms with Gasteiger partial charge in [0.05, 0.1) is 11.0 Å². The van der Waals surface area contributed by atoms with Crippen molar-refractivity contribution in [3.8, 4) is 11.4 Å². The van der Waals surface area contributed by atoms with Gasteiger partial charge in [-0.1, -0.05) is 5.16 Å². The molecule has 0 spiro atoms. The summed E-state index contributed by atoms with van der Waals surface area (Å²) in [6.07, 6.45) is 6.32. The van der Waals surface area contributed by atoms with Crippen LogP contribution in [0.4, 0.5) is 0 Å². The Kier molecular flexibility index (Phi) is 2.89. The fourth-order valence-electron chi connectivity index (χ4n) is 2.86. The number of aromatic nitrogens is 4. The van der Waals surface area contributed by atoms with Crippen molar-refractivity contribution < 1.29 is 4.52 Å². The second-order valence-corrected chi connectivity index (χ2v) is 5.49. The van der Waals surface area contributed by atoms with E-state index in [1.54, 1.807) is 12.4 Å². The van der Waals surface area contributed by atoms with E-state index in [9.17, 15) is 0 Å². The van der Waals surface area contributed by atoms with Gasteiger partial charge < -0.3 is 10.3 Å². The number of nitrogens with zero attached hydrogens (tertiary/aromatic N) is 4. The first-order valence-electron chi connectivity index (χ1n) is 7.10. The molecule has 2 N–H and O–H groups in total. The molecule has 6 heteroatoms. The summed E-state index contributed by atoms with van der Waals surface area (Å²) in [4.78, 5) is 13.1. The number of hydrogen-bond acceptors (Lipinski definition) is 6. The summed E-state index contributed by atoms with van der Waals surface area (Å²) in [7, 11) is 0. The van der Waals surface area contributed by atoms with Crippen molar-refractivity contribution in [2.75, 3.05) is 0 Å². The second-order valence-electron chi connectivity index (χ2n) is 5.49. The lowest BCUT2D eigenvalue weighted by Crippen LogP contribution is -2.14. The highest BCUT2D eigenvalue weighted by molar-refractivity contribution is 5.79. The van der Waals surface area contributed by atoms with Crippen LogP contribution < -0.4 is 5.73 Å². The molecule has 21 heavy (non-hydrogen) atoms. The minimum atomic E-state index is 0.251. The summed E-state index contributed by atoms with van der Waals surface area (Å²) in [5.74, 6) is 1.58. The molecular weight excluding hydrogens is 266 g/mol. The quantitative estimate of drug-likeness (QED) is 0.774. The minimum Gasteiger partial charge on any atom is -0.339 e. The molecule has 2 heterocycles. The van der Waals surface area contributed by atoms with E-state index < -0.39 is 0 Å². The molecule has 1 aliphatic carbocycles. The molecule has 106 valence electrons. The topological polar surface area (TPSA) is 90.7 Å². The van der Waals surface area contributed by atoms with E-state index >= 15 is 0 Å². The summed E-state index contributed by atoms with van der Waals surface area (Å²) >= 11 is 0. The van der Waals surface area contributed by atoms with Crippen LogP contribution in [0.5, 0.6) is 0 Å². The predicted octanol–water partition coefficient (Wildman–Crippen LogP) is 2.27. The first-order chi connectivity index (χ1) is 10.3. The number of fused-ring (bicyclic) bond motifs is 1. The maximum absolute atomic E-state index is 5.94. The van der Waals surface area contributed by atoms with Crippen LogP contribution in [-0.2, 0) is 0 Å². The van der Waals surface area contributed by atoms with Crippen LogP contribution in [0, 0.1) is 0 Å². The molecule has 0 amide bonds. The lowest BCUT2D eigenvalue weighted by Gasteiger charge is -2.01. The van der Waals surface area contributed by atoms with E-state index in [0.29, 0.717) is 17.6 Å². The van der Waals surface area contributed by atoms with E-state index in [2.05, 4.69) is 20.1 Å². The Morgan fingerprint density at radius 1 is 1.10 bits per heavy atom. The fourth-order valence-corrected chi connectivity index (χ4v) is 2.86. The van der Waals surface area contributed by atoms with Crippen LogP contribution in [0.15, 0.2) is 35.1 Å². The van der Waals surface area contributed by atoms with Crippen molar-refractivity contribution >= 4 is 11.0 Å². The molecule has 1 saturated carbocycles. The summed E-state index contributed by atoms with van der Waals surface area (Å²) in [6, 6.07) is 6.03. The molecule has 2 unspecified atom stereocenters. The highest BCUT2D eigenvalue weighted by atomic mass is 16.5. The lowest BCUT2D eigenvalue weighted by molar-refractivity contribution is 0.353. The Labute approximate surface area is 121 Å². The van der Waals surface area contributed by atoms with Crippen molar-refractivity contribution in [1.82, 2.24) is 20.1 Å². The standard InChI is InChI=1S/C15H15N5O/c16-11-3-1-10(7-11)15-19-14(20-21-15)9-2-4-12-13(8-9)18-6-5-17-12/h2,4-6,8,10-11H,1,3,7,16H2. The van der Waals surface area contributed by atoms with Crippen molar-refractivity contribution in [2.24, 2.45) is 5.73 Å². The van der Waals surface area contributed by atoms with Crippen LogP contribution in [-0.4, -0.2) is 26.2 Å². The molecule has 1 fully saturated rings. The third-order valence-corrected chi connectivity index (χ3v) is 3.99. The molecule has 1 aromatic carbocycles. The largest absolute Gasteiger partial charge is 0.339 e. The zero-order valence-electron chi connectivity index (χ0n) is 11.4. The van der Waals surface area contributed by atoms with Crippen LogP contribution in [0.3, 0.4) is 0 Å². The molecule has 4 rings (SSSR count). The van der Waals surface area contributed by atoms with Gasteiger partial charge in [-0.15, -0.1) is 0 Å². The fraction of sp³-hybridized carbons (Fsp3) is 0.333. The summed E-state index contributed by atoms with van der Waals surface area (Å²) in [6.45, 7) is 0. The average molecular weight is 281 g/mol. The third-order valence-electron chi connectivity index (χ3n) is 3.99. The van der Waals surface area contributed by atoms with Crippen LogP contribution in [0.1, 0.15) is 31.1 Å². The molecule has 1 aliphatic rings. The Morgan fingerprint density at radius 3 is 2.76 bits per heavy atom. The maximum Gasteiger partial charge on any atom is 0.230 e. The van der Waals surface area contributed by atoms with Gasteiger partial charge in [0, 0.05) is 29.9 Å². The van der Waals surface area contributed by atoms with E-state index in [0.717, 1.165) is 35.9 Å². The first-order valence-corrected chi connectivity index (χ1v) is 7.10. The zero-order chi connectivity index (χ0) is 14.2. The van der Waals surface area contributed by atoms with E-state index in [4.69, 9.17) is 10.3 Å². The number of benzene rings is 1. The predicted molar refractivity (Wildman–Crippen MR) is 77.4 cm³/mol. The highest BCUT2D eigenvalue weighted by Crippen LogP contribution is 2.33. The molecule has 0 radical (unpaired) electrons. The molecule has 3 aromatic rings. The van der Waals surface area contributed by atoms with Gasteiger partial charge in [0.15, 0.2) is 0 Å². The van der Waals surface area contributed by atoms with Crippen molar-refractivity contribution in [3.63, 3.8) is 0 Å². The van der Waals surface area contributed by atoms with Gasteiger partial charge in [-0.3, -0.25) is 9.97 Å². The monoisotopic (exact) mass is 281 g/mol. The average Bonchev–Trinajstić information content (AvgIpc) is 3.15. The first kappa shape index (κ1) is 12.4. The van der Waals surface area contributed by atoms with E-state index in [-0.39, 0.29) is 6.04 Å². The van der Waals surface area contributed by atoms with Crippen LogP contribution in [0.2, 0.25) is 0 Å². The molecule has 6 nitrogen and oxygen atoms in total. The molecule has 0 bridgehead atoms. The van der Waals surface area contributed by atoms with Crippen molar-refractivity contribution in [3.05, 3.63) is 36.5 Å². The summed E-state index contributed by atoms with van der Waals surface area (Å²) in [5.41, 5.74) is 8.50. The van der Waals surface area contributed by atoms with Crippen LogP contribution in [0.25, 0.3) is 22.4 Å². The van der Waals surface area contributed by atoms with Gasteiger partial charge in [0.25, 0.3) is 0 Å². The Bertz CT molecular complexity index is 784. The Balaban J connectivity index is 1.67. The van der Waals surface area contributed by atoms with Gasteiger partial charge in [-0.2, -0.15) is 4.98 Å². The number of nitrogens with two attached hydrogens (primary N) is 1. The third kappa shape index (κ3) is 2.27. The number of hydrogen-bond donors (Lipinski definition) is 1. The van der Waals surface area contributed by atoms with E-state index in [1.165, 1.54) is 0 Å². The lowest BCUT2D eigenvalue weighted by atomic mass is 10.1. The molecule has 2 atom stereocenters. The Morgan fingerprint density at radius 2 is 1.95 bits per heavy atom. The van der Waals surface area contributed by atoms with Crippen LogP contribution >= 0.6 is 0 Å². The van der Waals surface area contributed by atoms with Gasteiger partial charge in [-0.05, 0) is 37.5 Å².